The highest BCUT2D eigenvalue weighted by molar-refractivity contribution is 7.87. The molecule has 2 N–H and O–H groups in total. The second-order valence-corrected chi connectivity index (χ2v) is 7.43. The first kappa shape index (κ1) is 13.8. The molecule has 1 saturated heterocycles. The fourth-order valence-corrected chi connectivity index (χ4v) is 3.57. The lowest BCUT2D eigenvalue weighted by Gasteiger charge is -2.30. The Bertz CT molecular complexity index is 430. The van der Waals surface area contributed by atoms with E-state index >= 15 is 0 Å². The van der Waals surface area contributed by atoms with Crippen LogP contribution in [0.1, 0.15) is 32.6 Å². The lowest BCUT2D eigenvalue weighted by molar-refractivity contribution is -0.142. The third kappa shape index (κ3) is 3.21. The van der Waals surface area contributed by atoms with Crippen LogP contribution >= 0.6 is 0 Å². The van der Waals surface area contributed by atoms with Crippen LogP contribution in [0.3, 0.4) is 0 Å². The number of piperidine rings is 1. The van der Waals surface area contributed by atoms with Crippen LogP contribution < -0.4 is 4.72 Å². The van der Waals surface area contributed by atoms with Gasteiger partial charge in [-0.15, -0.1) is 0 Å². The SMILES string of the molecule is CC1(CNS(=O)(=O)N2CCCC(C(=O)O)C2)CC1. The van der Waals surface area contributed by atoms with Gasteiger partial charge in [0.1, 0.15) is 0 Å². The largest absolute Gasteiger partial charge is 0.481 e. The highest BCUT2D eigenvalue weighted by atomic mass is 32.2. The third-order valence-corrected chi connectivity index (χ3v) is 5.38. The average molecular weight is 276 g/mol. The number of nitrogens with one attached hydrogen (secondary N) is 1. The van der Waals surface area contributed by atoms with Crippen LogP contribution in [0, 0.1) is 11.3 Å². The summed E-state index contributed by atoms with van der Waals surface area (Å²) in [6.07, 6.45) is 3.26. The standard InChI is InChI=1S/C11H20N2O4S/c1-11(4-5-11)8-12-18(16,17)13-6-2-3-9(7-13)10(14)15/h9,12H,2-8H2,1H3,(H,14,15). The Balaban J connectivity index is 1.94. The summed E-state index contributed by atoms with van der Waals surface area (Å²) in [6.45, 7) is 2.99. The van der Waals surface area contributed by atoms with Crippen molar-refractivity contribution in [1.82, 2.24) is 9.03 Å². The molecule has 0 spiro atoms. The zero-order valence-corrected chi connectivity index (χ0v) is 11.4. The highest BCUT2D eigenvalue weighted by Crippen LogP contribution is 2.44. The fourth-order valence-electron chi connectivity index (χ4n) is 2.11. The summed E-state index contributed by atoms with van der Waals surface area (Å²) in [5.41, 5.74) is 0.106. The molecule has 18 heavy (non-hydrogen) atoms. The topological polar surface area (TPSA) is 86.7 Å². The van der Waals surface area contributed by atoms with Gasteiger partial charge < -0.3 is 5.11 Å². The van der Waals surface area contributed by atoms with Crippen molar-refractivity contribution in [3.8, 4) is 0 Å². The molecule has 0 amide bonds. The predicted molar refractivity (Wildman–Crippen MR) is 66.2 cm³/mol. The average Bonchev–Trinajstić information content (AvgIpc) is 3.06. The number of hydrogen-bond acceptors (Lipinski definition) is 3. The lowest BCUT2D eigenvalue weighted by atomic mass is 10.0. The number of carboxylic acid groups (broad SMARTS) is 1. The van der Waals surface area contributed by atoms with E-state index in [1.807, 2.05) is 6.92 Å². The van der Waals surface area contributed by atoms with Crippen molar-refractivity contribution in [2.75, 3.05) is 19.6 Å². The molecule has 1 saturated carbocycles. The second kappa shape index (κ2) is 4.79. The van der Waals surface area contributed by atoms with Gasteiger partial charge in [0.05, 0.1) is 5.92 Å². The number of nitrogens with zero attached hydrogens (tertiary/aromatic N) is 1. The van der Waals surface area contributed by atoms with E-state index < -0.39 is 22.1 Å². The van der Waals surface area contributed by atoms with Crippen molar-refractivity contribution in [2.24, 2.45) is 11.3 Å². The number of rotatable bonds is 5. The van der Waals surface area contributed by atoms with Gasteiger partial charge in [0.15, 0.2) is 0 Å². The summed E-state index contributed by atoms with van der Waals surface area (Å²) in [4.78, 5) is 10.9. The summed E-state index contributed by atoms with van der Waals surface area (Å²) >= 11 is 0. The first-order chi connectivity index (χ1) is 8.32. The van der Waals surface area contributed by atoms with Crippen LogP contribution in [0.25, 0.3) is 0 Å². The molecular weight excluding hydrogens is 256 g/mol. The van der Waals surface area contributed by atoms with Crippen molar-refractivity contribution in [3.63, 3.8) is 0 Å². The summed E-state index contributed by atoms with van der Waals surface area (Å²) < 4.78 is 28.0. The van der Waals surface area contributed by atoms with E-state index in [0.29, 0.717) is 25.9 Å². The van der Waals surface area contributed by atoms with Crippen molar-refractivity contribution in [1.29, 1.82) is 0 Å². The molecule has 2 aliphatic rings. The van der Waals surface area contributed by atoms with E-state index in [9.17, 15) is 13.2 Å². The minimum Gasteiger partial charge on any atom is -0.481 e. The Morgan fingerprint density at radius 1 is 1.50 bits per heavy atom. The molecule has 1 aliphatic carbocycles. The van der Waals surface area contributed by atoms with Gasteiger partial charge in [-0.1, -0.05) is 6.92 Å². The Morgan fingerprint density at radius 3 is 2.72 bits per heavy atom. The minimum absolute atomic E-state index is 0.0847. The van der Waals surface area contributed by atoms with Gasteiger partial charge >= 0.3 is 5.97 Å². The van der Waals surface area contributed by atoms with Gasteiger partial charge in [-0.3, -0.25) is 4.79 Å². The molecule has 0 bridgehead atoms. The normalized spacial score (nSPS) is 27.9. The van der Waals surface area contributed by atoms with Crippen molar-refractivity contribution >= 4 is 16.2 Å². The number of carboxylic acids is 1. The molecule has 2 rings (SSSR count). The first-order valence-electron chi connectivity index (χ1n) is 6.30. The van der Waals surface area contributed by atoms with Crippen LogP contribution in [0.5, 0.6) is 0 Å². The Hall–Kier alpha value is -0.660. The van der Waals surface area contributed by atoms with Crippen LogP contribution in [0.4, 0.5) is 0 Å². The van der Waals surface area contributed by atoms with E-state index in [-0.39, 0.29) is 12.0 Å². The number of carbonyl (C=O) groups is 1. The predicted octanol–water partition coefficient (Wildman–Crippen LogP) is 0.418. The molecule has 2 fully saturated rings. The third-order valence-electron chi connectivity index (χ3n) is 3.86. The maximum atomic E-state index is 12.1. The van der Waals surface area contributed by atoms with Crippen LogP contribution in [-0.4, -0.2) is 43.4 Å². The van der Waals surface area contributed by atoms with Gasteiger partial charge in [0.25, 0.3) is 10.2 Å². The fraction of sp³-hybridized carbons (Fsp3) is 0.909. The van der Waals surface area contributed by atoms with E-state index in [1.165, 1.54) is 4.31 Å². The van der Waals surface area contributed by atoms with Crippen LogP contribution in [0.15, 0.2) is 0 Å². The Labute approximate surface area is 108 Å². The summed E-state index contributed by atoms with van der Waals surface area (Å²) in [6, 6.07) is 0. The molecule has 1 unspecified atom stereocenters. The zero-order valence-electron chi connectivity index (χ0n) is 10.6. The summed E-state index contributed by atoms with van der Waals surface area (Å²) in [5.74, 6) is -1.49. The van der Waals surface area contributed by atoms with Gasteiger partial charge in [0.2, 0.25) is 0 Å². The number of hydrogen-bond donors (Lipinski definition) is 2. The molecule has 0 radical (unpaired) electrons. The molecule has 0 aromatic carbocycles. The molecule has 0 aromatic rings. The van der Waals surface area contributed by atoms with Crippen molar-refractivity contribution in [3.05, 3.63) is 0 Å². The van der Waals surface area contributed by atoms with Gasteiger partial charge in [0, 0.05) is 19.6 Å². The first-order valence-corrected chi connectivity index (χ1v) is 7.74. The maximum absolute atomic E-state index is 12.1. The molecule has 7 heteroatoms. The molecular formula is C11H20N2O4S. The van der Waals surface area contributed by atoms with E-state index in [0.717, 1.165) is 12.8 Å². The molecule has 6 nitrogen and oxygen atoms in total. The van der Waals surface area contributed by atoms with Crippen molar-refractivity contribution in [2.45, 2.75) is 32.6 Å². The monoisotopic (exact) mass is 276 g/mol. The van der Waals surface area contributed by atoms with Gasteiger partial charge in [-0.2, -0.15) is 12.7 Å². The molecule has 104 valence electrons. The van der Waals surface area contributed by atoms with Crippen molar-refractivity contribution < 1.29 is 18.3 Å². The summed E-state index contributed by atoms with van der Waals surface area (Å²) in [5, 5.41) is 8.95. The quantitative estimate of drug-likeness (QED) is 0.762. The van der Waals surface area contributed by atoms with E-state index in [4.69, 9.17) is 5.11 Å². The van der Waals surface area contributed by atoms with E-state index in [1.54, 1.807) is 0 Å². The van der Waals surface area contributed by atoms with Gasteiger partial charge in [-0.05, 0) is 31.1 Å². The summed E-state index contributed by atoms with van der Waals surface area (Å²) in [7, 11) is -3.52. The highest BCUT2D eigenvalue weighted by Gasteiger charge is 2.39. The lowest BCUT2D eigenvalue weighted by Crippen LogP contribution is -2.48. The van der Waals surface area contributed by atoms with Gasteiger partial charge in [-0.25, -0.2) is 4.72 Å². The smallest absolute Gasteiger partial charge is 0.307 e. The molecule has 1 atom stereocenters. The molecule has 1 aliphatic heterocycles. The maximum Gasteiger partial charge on any atom is 0.307 e. The van der Waals surface area contributed by atoms with Crippen LogP contribution in [0.2, 0.25) is 0 Å². The molecule has 0 aromatic heterocycles. The number of aliphatic carboxylic acids is 1. The van der Waals surface area contributed by atoms with Crippen LogP contribution in [-0.2, 0) is 15.0 Å². The minimum atomic E-state index is -3.52. The zero-order chi connectivity index (χ0) is 13.4. The molecule has 1 heterocycles. The Morgan fingerprint density at radius 2 is 2.17 bits per heavy atom. The second-order valence-electron chi connectivity index (χ2n) is 5.67. The van der Waals surface area contributed by atoms with E-state index in [2.05, 4.69) is 4.72 Å². The Kier molecular flexibility index (Phi) is 3.66.